The molecular weight excluding hydrogens is 204 g/mol. The number of rotatable bonds is 4. The number of carboxylic acid groups (broad SMARTS) is 1. The van der Waals surface area contributed by atoms with E-state index in [0.29, 0.717) is 6.42 Å². The molecule has 0 radical (unpaired) electrons. The van der Waals surface area contributed by atoms with Crippen LogP contribution in [0.15, 0.2) is 24.5 Å². The Morgan fingerprint density at radius 2 is 2.31 bits per heavy atom. The Labute approximate surface area is 93.5 Å². The van der Waals surface area contributed by atoms with Gasteiger partial charge in [-0.15, -0.1) is 0 Å². The predicted molar refractivity (Wildman–Crippen MR) is 61.3 cm³/mol. The van der Waals surface area contributed by atoms with Crippen molar-refractivity contribution in [3.05, 3.63) is 30.1 Å². The van der Waals surface area contributed by atoms with E-state index in [-0.39, 0.29) is 6.42 Å². The number of para-hydroxylation sites is 1. The van der Waals surface area contributed by atoms with E-state index in [1.165, 1.54) is 5.56 Å². The molecule has 2 aromatic rings. The Morgan fingerprint density at radius 3 is 3.06 bits per heavy atom. The van der Waals surface area contributed by atoms with Crippen LogP contribution in [0.3, 0.4) is 0 Å². The lowest BCUT2D eigenvalue weighted by molar-refractivity contribution is -0.137. The average molecular weight is 218 g/mol. The fourth-order valence-corrected chi connectivity index (χ4v) is 1.93. The van der Waals surface area contributed by atoms with E-state index in [1.807, 2.05) is 29.8 Å². The third-order valence-corrected chi connectivity index (χ3v) is 2.66. The summed E-state index contributed by atoms with van der Waals surface area (Å²) in [5, 5.41) is 8.60. The van der Waals surface area contributed by atoms with E-state index in [1.54, 1.807) is 6.33 Å². The number of aliphatic carboxylic acids is 1. The predicted octanol–water partition coefficient (Wildman–Crippen LogP) is 1.98. The molecule has 1 aromatic heterocycles. The third kappa shape index (κ3) is 2.05. The van der Waals surface area contributed by atoms with Gasteiger partial charge in [-0.05, 0) is 24.5 Å². The normalized spacial score (nSPS) is 10.8. The number of aryl methyl sites for hydroxylation is 2. The lowest BCUT2D eigenvalue weighted by Gasteiger charge is -2.04. The molecule has 4 nitrogen and oxygen atoms in total. The summed E-state index contributed by atoms with van der Waals surface area (Å²) in [5.41, 5.74) is 3.24. The van der Waals surface area contributed by atoms with Crippen molar-refractivity contribution >= 4 is 17.0 Å². The van der Waals surface area contributed by atoms with Gasteiger partial charge in [-0.1, -0.05) is 12.1 Å². The molecular formula is C12H14N2O2. The minimum absolute atomic E-state index is 0.217. The summed E-state index contributed by atoms with van der Waals surface area (Å²) in [6, 6.07) is 5.97. The van der Waals surface area contributed by atoms with Gasteiger partial charge in [0.1, 0.15) is 0 Å². The molecule has 0 aliphatic heterocycles. The number of hydrogen-bond acceptors (Lipinski definition) is 2. The van der Waals surface area contributed by atoms with Gasteiger partial charge in [0.05, 0.1) is 17.4 Å². The van der Waals surface area contributed by atoms with Crippen LogP contribution in [0.1, 0.15) is 18.4 Å². The Morgan fingerprint density at radius 1 is 1.50 bits per heavy atom. The molecule has 0 bridgehead atoms. The van der Waals surface area contributed by atoms with Gasteiger partial charge in [-0.2, -0.15) is 0 Å². The van der Waals surface area contributed by atoms with Crippen LogP contribution in [-0.2, 0) is 18.3 Å². The summed E-state index contributed by atoms with van der Waals surface area (Å²) in [6.45, 7) is 0. The molecule has 0 amide bonds. The molecule has 0 saturated heterocycles. The molecule has 2 rings (SSSR count). The Balaban J connectivity index is 2.23. The van der Waals surface area contributed by atoms with Crippen LogP contribution in [0.25, 0.3) is 11.0 Å². The number of aromatic nitrogens is 2. The second-order valence-electron chi connectivity index (χ2n) is 3.89. The van der Waals surface area contributed by atoms with Crippen LogP contribution in [0.4, 0.5) is 0 Å². The molecule has 1 N–H and O–H groups in total. The molecule has 0 unspecified atom stereocenters. The van der Waals surface area contributed by atoms with Crippen molar-refractivity contribution in [2.75, 3.05) is 0 Å². The minimum atomic E-state index is -0.739. The number of fused-ring (bicyclic) bond motifs is 1. The number of hydrogen-bond donors (Lipinski definition) is 1. The maximum atomic E-state index is 10.5. The quantitative estimate of drug-likeness (QED) is 0.853. The topological polar surface area (TPSA) is 55.1 Å². The van der Waals surface area contributed by atoms with Gasteiger partial charge in [0.25, 0.3) is 0 Å². The van der Waals surface area contributed by atoms with E-state index in [9.17, 15) is 4.79 Å². The first-order chi connectivity index (χ1) is 7.68. The minimum Gasteiger partial charge on any atom is -0.481 e. The van der Waals surface area contributed by atoms with Crippen molar-refractivity contribution in [1.29, 1.82) is 0 Å². The number of nitrogens with zero attached hydrogens (tertiary/aromatic N) is 2. The Kier molecular flexibility index (Phi) is 2.90. The first-order valence-corrected chi connectivity index (χ1v) is 5.29. The second-order valence-corrected chi connectivity index (χ2v) is 3.89. The molecule has 0 fully saturated rings. The largest absolute Gasteiger partial charge is 0.481 e. The summed E-state index contributed by atoms with van der Waals surface area (Å²) >= 11 is 0. The smallest absolute Gasteiger partial charge is 0.303 e. The summed E-state index contributed by atoms with van der Waals surface area (Å²) < 4.78 is 1.98. The monoisotopic (exact) mass is 218 g/mol. The zero-order chi connectivity index (χ0) is 11.5. The molecule has 1 heterocycles. The highest BCUT2D eigenvalue weighted by molar-refractivity contribution is 5.79. The SMILES string of the molecule is Cn1cnc2cccc(CCCC(=O)O)c21. The molecule has 0 aliphatic carbocycles. The maximum Gasteiger partial charge on any atom is 0.303 e. The van der Waals surface area contributed by atoms with Crippen molar-refractivity contribution in [3.8, 4) is 0 Å². The summed E-state index contributed by atoms with van der Waals surface area (Å²) in [5.74, 6) is -0.739. The standard InChI is InChI=1S/C12H14N2O2/c1-14-8-13-10-6-2-4-9(12(10)14)5-3-7-11(15)16/h2,4,6,8H,3,5,7H2,1H3,(H,15,16). The summed E-state index contributed by atoms with van der Waals surface area (Å²) in [6.07, 6.45) is 3.45. The molecule has 0 atom stereocenters. The molecule has 16 heavy (non-hydrogen) atoms. The molecule has 0 saturated carbocycles. The van der Waals surface area contributed by atoms with Gasteiger partial charge in [-0.3, -0.25) is 4.79 Å². The average Bonchev–Trinajstić information content (AvgIpc) is 2.61. The zero-order valence-electron chi connectivity index (χ0n) is 9.18. The highest BCUT2D eigenvalue weighted by Gasteiger charge is 2.06. The summed E-state index contributed by atoms with van der Waals surface area (Å²) in [4.78, 5) is 14.7. The Bertz CT molecular complexity index is 517. The van der Waals surface area contributed by atoms with Gasteiger partial charge in [0.15, 0.2) is 0 Å². The maximum absolute atomic E-state index is 10.5. The van der Waals surface area contributed by atoms with Crippen molar-refractivity contribution in [3.63, 3.8) is 0 Å². The number of carboxylic acids is 1. The van der Waals surface area contributed by atoms with Crippen molar-refractivity contribution in [2.24, 2.45) is 7.05 Å². The van der Waals surface area contributed by atoms with Crippen LogP contribution < -0.4 is 0 Å². The van der Waals surface area contributed by atoms with Crippen LogP contribution in [0, 0.1) is 0 Å². The van der Waals surface area contributed by atoms with Crippen LogP contribution in [-0.4, -0.2) is 20.6 Å². The van der Waals surface area contributed by atoms with Gasteiger partial charge in [-0.25, -0.2) is 4.98 Å². The lowest BCUT2D eigenvalue weighted by atomic mass is 10.1. The van der Waals surface area contributed by atoms with Gasteiger partial charge >= 0.3 is 5.97 Å². The summed E-state index contributed by atoms with van der Waals surface area (Å²) in [7, 11) is 1.95. The molecule has 0 spiro atoms. The third-order valence-electron chi connectivity index (χ3n) is 2.66. The van der Waals surface area contributed by atoms with Crippen molar-refractivity contribution in [1.82, 2.24) is 9.55 Å². The van der Waals surface area contributed by atoms with E-state index < -0.39 is 5.97 Å². The fraction of sp³-hybridized carbons (Fsp3) is 0.333. The number of benzene rings is 1. The van der Waals surface area contributed by atoms with Gasteiger partial charge in [0, 0.05) is 13.5 Å². The first kappa shape index (κ1) is 10.7. The highest BCUT2D eigenvalue weighted by Crippen LogP contribution is 2.18. The number of carbonyl (C=O) groups is 1. The van der Waals surface area contributed by atoms with E-state index in [0.717, 1.165) is 17.5 Å². The van der Waals surface area contributed by atoms with E-state index in [4.69, 9.17) is 5.11 Å². The highest BCUT2D eigenvalue weighted by atomic mass is 16.4. The Hall–Kier alpha value is -1.84. The fourth-order valence-electron chi connectivity index (χ4n) is 1.93. The zero-order valence-corrected chi connectivity index (χ0v) is 9.18. The molecule has 1 aromatic carbocycles. The van der Waals surface area contributed by atoms with E-state index >= 15 is 0 Å². The van der Waals surface area contributed by atoms with Crippen molar-refractivity contribution in [2.45, 2.75) is 19.3 Å². The van der Waals surface area contributed by atoms with E-state index in [2.05, 4.69) is 4.98 Å². The lowest BCUT2D eigenvalue weighted by Crippen LogP contribution is -1.97. The molecule has 4 heteroatoms. The second kappa shape index (κ2) is 4.35. The van der Waals surface area contributed by atoms with Crippen LogP contribution in [0.5, 0.6) is 0 Å². The molecule has 84 valence electrons. The van der Waals surface area contributed by atoms with Gasteiger partial charge < -0.3 is 9.67 Å². The van der Waals surface area contributed by atoms with Crippen LogP contribution in [0.2, 0.25) is 0 Å². The first-order valence-electron chi connectivity index (χ1n) is 5.29. The number of imidazole rings is 1. The molecule has 0 aliphatic rings. The van der Waals surface area contributed by atoms with Crippen LogP contribution >= 0.6 is 0 Å². The van der Waals surface area contributed by atoms with Gasteiger partial charge in [0.2, 0.25) is 0 Å². The van der Waals surface area contributed by atoms with Crippen molar-refractivity contribution < 1.29 is 9.90 Å².